The predicted molar refractivity (Wildman–Crippen MR) is 86.4 cm³/mol. The molecule has 0 radical (unpaired) electrons. The number of benzene rings is 1. The van der Waals surface area contributed by atoms with E-state index < -0.39 is 0 Å². The Morgan fingerprint density at radius 2 is 2.21 bits per heavy atom. The van der Waals surface area contributed by atoms with Crippen molar-refractivity contribution < 1.29 is 5.11 Å². The number of aliphatic hydroxyl groups is 1. The molecule has 1 rings (SSSR count). The summed E-state index contributed by atoms with van der Waals surface area (Å²) in [6.45, 7) is 3.81. The van der Waals surface area contributed by atoms with Crippen molar-refractivity contribution in [3.05, 3.63) is 46.7 Å². The third-order valence-electron chi connectivity index (χ3n) is 2.41. The van der Waals surface area contributed by atoms with Crippen LogP contribution in [0.1, 0.15) is 25.8 Å². The van der Waals surface area contributed by atoms with Gasteiger partial charge in [0.25, 0.3) is 0 Å². The molecule has 0 unspecified atom stereocenters. The van der Waals surface area contributed by atoms with E-state index >= 15 is 0 Å². The molecule has 0 saturated carbocycles. The molecule has 0 aliphatic heterocycles. The third-order valence-corrected chi connectivity index (χ3v) is 3.63. The van der Waals surface area contributed by atoms with Crippen LogP contribution in [0.15, 0.2) is 46.0 Å². The highest BCUT2D eigenvalue weighted by atomic mass is 35.5. The second-order valence-corrected chi connectivity index (χ2v) is 5.06. The molecule has 2 nitrogen and oxygen atoms in total. The van der Waals surface area contributed by atoms with Crippen molar-refractivity contribution in [2.45, 2.75) is 25.2 Å². The van der Waals surface area contributed by atoms with E-state index in [4.69, 9.17) is 11.6 Å². The van der Waals surface area contributed by atoms with Gasteiger partial charge in [0.15, 0.2) is 0 Å². The Morgan fingerprint density at radius 1 is 1.47 bits per heavy atom. The van der Waals surface area contributed by atoms with Gasteiger partial charge in [-0.15, -0.1) is 11.8 Å². The molecule has 0 bridgehead atoms. The van der Waals surface area contributed by atoms with Gasteiger partial charge >= 0.3 is 0 Å². The standard InChI is InChI=1S/C15H18ClNOS/c1-4-6-12(18)10-14(17-5-2)11-7-8-15(19-3)13(16)9-11/h5-10,18H,4H2,1-3H3/b12-6-,14-10-,17-5?. The number of aliphatic hydroxyl groups excluding tert-OH is 1. The van der Waals surface area contributed by atoms with E-state index in [1.165, 1.54) is 0 Å². The number of hydrogen-bond acceptors (Lipinski definition) is 3. The number of halogens is 1. The van der Waals surface area contributed by atoms with Gasteiger partial charge in [0, 0.05) is 22.7 Å². The molecule has 1 N–H and O–H groups in total. The second kappa shape index (κ2) is 8.08. The zero-order chi connectivity index (χ0) is 14.3. The molecule has 0 aliphatic rings. The molecular weight excluding hydrogens is 278 g/mol. The summed E-state index contributed by atoms with van der Waals surface area (Å²) in [7, 11) is 0. The van der Waals surface area contributed by atoms with Gasteiger partial charge in [-0.3, -0.25) is 4.99 Å². The zero-order valence-electron chi connectivity index (χ0n) is 11.4. The third kappa shape index (κ3) is 4.77. The summed E-state index contributed by atoms with van der Waals surface area (Å²) in [5, 5.41) is 10.4. The molecule has 0 atom stereocenters. The number of thioether (sulfide) groups is 1. The minimum atomic E-state index is 0.216. The van der Waals surface area contributed by atoms with E-state index in [1.54, 1.807) is 30.1 Å². The maximum absolute atomic E-state index is 9.75. The average Bonchev–Trinajstić information content (AvgIpc) is 2.38. The second-order valence-electron chi connectivity index (χ2n) is 3.80. The van der Waals surface area contributed by atoms with Gasteiger partial charge in [-0.25, -0.2) is 0 Å². The number of hydrogen-bond donors (Lipinski definition) is 1. The van der Waals surface area contributed by atoms with Gasteiger partial charge in [-0.2, -0.15) is 0 Å². The molecule has 0 spiro atoms. The molecule has 19 heavy (non-hydrogen) atoms. The van der Waals surface area contributed by atoms with Gasteiger partial charge in [-0.1, -0.05) is 24.6 Å². The molecule has 4 heteroatoms. The van der Waals surface area contributed by atoms with Crippen molar-refractivity contribution in [2.24, 2.45) is 4.99 Å². The summed E-state index contributed by atoms with van der Waals surface area (Å²) in [5.41, 5.74) is 1.58. The monoisotopic (exact) mass is 295 g/mol. The van der Waals surface area contributed by atoms with E-state index in [9.17, 15) is 5.11 Å². The molecule has 1 aromatic carbocycles. The Bertz CT molecular complexity index is 521. The van der Waals surface area contributed by atoms with Gasteiger partial charge < -0.3 is 5.11 Å². The highest BCUT2D eigenvalue weighted by Crippen LogP contribution is 2.29. The lowest BCUT2D eigenvalue weighted by Crippen LogP contribution is -1.86. The van der Waals surface area contributed by atoms with Crippen LogP contribution < -0.4 is 0 Å². The Labute approximate surface area is 123 Å². The lowest BCUT2D eigenvalue weighted by atomic mass is 10.1. The van der Waals surface area contributed by atoms with Crippen LogP contribution >= 0.6 is 23.4 Å². The molecule has 0 fully saturated rings. The number of aliphatic imine (C=N–C) groups is 1. The topological polar surface area (TPSA) is 32.6 Å². The Hall–Kier alpha value is -1.19. The first kappa shape index (κ1) is 15.9. The van der Waals surface area contributed by atoms with Gasteiger partial charge in [0.2, 0.25) is 0 Å². The molecule has 102 valence electrons. The Morgan fingerprint density at radius 3 is 2.74 bits per heavy atom. The minimum Gasteiger partial charge on any atom is -0.508 e. The molecule has 0 aliphatic carbocycles. The van der Waals surface area contributed by atoms with Crippen molar-refractivity contribution in [3.63, 3.8) is 0 Å². The molecule has 1 aromatic rings. The van der Waals surface area contributed by atoms with E-state index in [1.807, 2.05) is 38.3 Å². The largest absolute Gasteiger partial charge is 0.508 e. The van der Waals surface area contributed by atoms with Crippen molar-refractivity contribution in [2.75, 3.05) is 6.26 Å². The summed E-state index contributed by atoms with van der Waals surface area (Å²) in [6.07, 6.45) is 7.84. The normalized spacial score (nSPS) is 13.3. The Balaban J connectivity index is 3.20. The van der Waals surface area contributed by atoms with Crippen LogP contribution in [-0.2, 0) is 0 Å². The highest BCUT2D eigenvalue weighted by Gasteiger charge is 2.05. The molecule has 0 amide bonds. The fourth-order valence-electron chi connectivity index (χ4n) is 1.57. The lowest BCUT2D eigenvalue weighted by molar-refractivity contribution is 0.430. The van der Waals surface area contributed by atoms with Crippen molar-refractivity contribution >= 4 is 35.3 Å². The average molecular weight is 296 g/mol. The van der Waals surface area contributed by atoms with Crippen LogP contribution in [0.4, 0.5) is 0 Å². The van der Waals surface area contributed by atoms with Crippen molar-refractivity contribution in [1.29, 1.82) is 0 Å². The summed E-state index contributed by atoms with van der Waals surface area (Å²) in [6, 6.07) is 5.78. The smallest absolute Gasteiger partial charge is 0.113 e. The molecule has 0 aromatic heterocycles. The van der Waals surface area contributed by atoms with Gasteiger partial charge in [0.05, 0.1) is 10.7 Å². The van der Waals surface area contributed by atoms with Crippen LogP contribution in [0.5, 0.6) is 0 Å². The van der Waals surface area contributed by atoms with E-state index in [0.29, 0.717) is 10.7 Å². The van der Waals surface area contributed by atoms with Crippen LogP contribution in [0.3, 0.4) is 0 Å². The van der Waals surface area contributed by atoms with Crippen LogP contribution in [0, 0.1) is 0 Å². The molecular formula is C15H18ClNOS. The number of rotatable bonds is 5. The zero-order valence-corrected chi connectivity index (χ0v) is 12.9. The fraction of sp³-hybridized carbons (Fsp3) is 0.267. The van der Waals surface area contributed by atoms with E-state index in [-0.39, 0.29) is 5.76 Å². The first-order valence-electron chi connectivity index (χ1n) is 6.05. The Kier molecular flexibility index (Phi) is 6.74. The summed E-state index contributed by atoms with van der Waals surface area (Å²) < 4.78 is 0. The summed E-state index contributed by atoms with van der Waals surface area (Å²) in [4.78, 5) is 5.31. The maximum atomic E-state index is 9.75. The quantitative estimate of drug-likeness (QED) is 0.344. The van der Waals surface area contributed by atoms with E-state index in [0.717, 1.165) is 16.9 Å². The van der Waals surface area contributed by atoms with Gasteiger partial charge in [-0.05, 0) is 37.8 Å². The predicted octanol–water partition coefficient (Wildman–Crippen LogP) is 5.35. The molecule has 0 saturated heterocycles. The maximum Gasteiger partial charge on any atom is 0.113 e. The minimum absolute atomic E-state index is 0.216. The number of nitrogens with zero attached hydrogens (tertiary/aromatic N) is 1. The van der Waals surface area contributed by atoms with Crippen molar-refractivity contribution in [3.8, 4) is 0 Å². The lowest BCUT2D eigenvalue weighted by Gasteiger charge is -2.06. The van der Waals surface area contributed by atoms with Crippen LogP contribution in [0.2, 0.25) is 5.02 Å². The highest BCUT2D eigenvalue weighted by molar-refractivity contribution is 7.98. The van der Waals surface area contributed by atoms with Crippen LogP contribution in [-0.4, -0.2) is 17.6 Å². The van der Waals surface area contributed by atoms with Crippen molar-refractivity contribution in [1.82, 2.24) is 0 Å². The van der Waals surface area contributed by atoms with E-state index in [2.05, 4.69) is 4.99 Å². The molecule has 0 heterocycles. The summed E-state index contributed by atoms with van der Waals surface area (Å²) >= 11 is 7.80. The summed E-state index contributed by atoms with van der Waals surface area (Å²) in [5.74, 6) is 0.216. The first-order chi connectivity index (χ1) is 9.12. The van der Waals surface area contributed by atoms with Gasteiger partial charge in [0.1, 0.15) is 5.76 Å². The fourth-order valence-corrected chi connectivity index (χ4v) is 2.44. The SMILES string of the molecule is CC=N/C(=C\C(O)=C\CC)c1ccc(SC)c(Cl)c1. The first-order valence-corrected chi connectivity index (χ1v) is 7.66. The van der Waals surface area contributed by atoms with Crippen LogP contribution in [0.25, 0.3) is 5.70 Å². The number of allylic oxidation sites excluding steroid dienone is 2.